The molecule has 1 heterocycles. The summed E-state index contributed by atoms with van der Waals surface area (Å²) in [5, 5.41) is 17.5. The maximum Gasteiger partial charge on any atom is 0.390 e. The zero-order valence-corrected chi connectivity index (χ0v) is 7.93. The minimum atomic E-state index is -0.472. The highest BCUT2D eigenvalue weighted by atomic mass is 16.6. The van der Waals surface area contributed by atoms with Crippen LogP contribution >= 0.6 is 0 Å². The van der Waals surface area contributed by atoms with E-state index in [9.17, 15) is 10.1 Å². The lowest BCUT2D eigenvalue weighted by Crippen LogP contribution is -2.17. The van der Waals surface area contributed by atoms with Crippen LogP contribution < -0.4 is 5.32 Å². The first-order chi connectivity index (χ1) is 6.66. The van der Waals surface area contributed by atoms with Crippen LogP contribution in [0.4, 0.5) is 5.82 Å². The molecule has 0 spiro atoms. The van der Waals surface area contributed by atoms with Crippen molar-refractivity contribution in [2.24, 2.45) is 7.05 Å². The van der Waals surface area contributed by atoms with Gasteiger partial charge in [-0.2, -0.15) is 4.68 Å². The van der Waals surface area contributed by atoms with E-state index in [1.54, 1.807) is 11.7 Å². The van der Waals surface area contributed by atoms with E-state index < -0.39 is 4.92 Å². The van der Waals surface area contributed by atoms with Gasteiger partial charge in [0.25, 0.3) is 0 Å². The summed E-state index contributed by atoms with van der Waals surface area (Å²) in [4.78, 5) is 9.95. The number of hydrogen-bond donors (Lipinski definition) is 1. The smallest absolute Gasteiger partial charge is 0.358 e. The van der Waals surface area contributed by atoms with Gasteiger partial charge in [0.2, 0.25) is 0 Å². The second-order valence-corrected chi connectivity index (χ2v) is 3.53. The van der Waals surface area contributed by atoms with Crippen LogP contribution in [0.25, 0.3) is 0 Å². The average molecular weight is 196 g/mol. The number of hydrogen-bond acceptors (Lipinski definition) is 4. The minimum Gasteiger partial charge on any atom is -0.358 e. The lowest BCUT2D eigenvalue weighted by atomic mass is 10.4. The molecule has 0 amide bonds. The van der Waals surface area contributed by atoms with Crippen LogP contribution in [0.1, 0.15) is 18.5 Å². The second-order valence-electron chi connectivity index (χ2n) is 3.53. The van der Waals surface area contributed by atoms with Crippen molar-refractivity contribution in [1.29, 1.82) is 0 Å². The summed E-state index contributed by atoms with van der Waals surface area (Å²) in [6, 6.07) is 2.11. The van der Waals surface area contributed by atoms with Gasteiger partial charge >= 0.3 is 5.82 Å². The quantitative estimate of drug-likeness (QED) is 0.564. The standard InChI is InChI=1S/C8H12N4O2/c1-11-7(5-9-6-2-3-6)4-8(10-11)12(13)14/h4,6,9H,2-3,5H2,1H3. The number of rotatable bonds is 4. The summed E-state index contributed by atoms with van der Waals surface area (Å²) in [6.07, 6.45) is 2.42. The Morgan fingerprint density at radius 2 is 2.50 bits per heavy atom. The molecule has 76 valence electrons. The highest BCUT2D eigenvalue weighted by Gasteiger charge is 2.22. The van der Waals surface area contributed by atoms with E-state index in [2.05, 4.69) is 10.4 Å². The molecule has 0 unspecified atom stereocenters. The molecule has 0 aromatic carbocycles. The zero-order chi connectivity index (χ0) is 10.1. The molecule has 0 atom stereocenters. The summed E-state index contributed by atoms with van der Waals surface area (Å²) >= 11 is 0. The second kappa shape index (κ2) is 3.38. The Kier molecular flexibility index (Phi) is 2.20. The van der Waals surface area contributed by atoms with Gasteiger partial charge in [0.05, 0.1) is 23.9 Å². The van der Waals surface area contributed by atoms with Gasteiger partial charge in [0.1, 0.15) is 0 Å². The summed E-state index contributed by atoms with van der Waals surface area (Å²) < 4.78 is 1.55. The van der Waals surface area contributed by atoms with Gasteiger partial charge in [-0.3, -0.25) is 0 Å². The fourth-order valence-electron chi connectivity index (χ4n) is 1.28. The number of aromatic nitrogens is 2. The predicted octanol–water partition coefficient (Wildman–Crippen LogP) is 0.580. The lowest BCUT2D eigenvalue weighted by molar-refractivity contribution is -0.389. The van der Waals surface area contributed by atoms with Crippen molar-refractivity contribution in [2.45, 2.75) is 25.4 Å². The van der Waals surface area contributed by atoms with E-state index >= 15 is 0 Å². The number of nitrogens with zero attached hydrogens (tertiary/aromatic N) is 3. The summed E-state index contributed by atoms with van der Waals surface area (Å²) in [5.74, 6) is -0.0832. The lowest BCUT2D eigenvalue weighted by Gasteiger charge is -1.99. The van der Waals surface area contributed by atoms with E-state index in [0.29, 0.717) is 12.6 Å². The summed E-state index contributed by atoms with van der Waals surface area (Å²) in [6.45, 7) is 0.655. The maximum absolute atomic E-state index is 10.4. The van der Waals surface area contributed by atoms with E-state index in [1.165, 1.54) is 18.9 Å². The van der Waals surface area contributed by atoms with Gasteiger partial charge in [-0.1, -0.05) is 0 Å². The molecular weight excluding hydrogens is 184 g/mol. The fraction of sp³-hybridized carbons (Fsp3) is 0.625. The van der Waals surface area contributed by atoms with Crippen molar-refractivity contribution in [3.05, 3.63) is 21.9 Å². The van der Waals surface area contributed by atoms with E-state index in [1.807, 2.05) is 0 Å². The zero-order valence-electron chi connectivity index (χ0n) is 7.93. The molecule has 6 heteroatoms. The molecule has 6 nitrogen and oxygen atoms in total. The molecule has 14 heavy (non-hydrogen) atoms. The van der Waals surface area contributed by atoms with Crippen LogP contribution in [0, 0.1) is 10.1 Å². The Morgan fingerprint density at radius 3 is 3.00 bits per heavy atom. The van der Waals surface area contributed by atoms with Gasteiger partial charge < -0.3 is 15.4 Å². The summed E-state index contributed by atoms with van der Waals surface area (Å²) in [5.41, 5.74) is 0.851. The number of nitro groups is 1. The van der Waals surface area contributed by atoms with Gasteiger partial charge in [-0.15, -0.1) is 0 Å². The van der Waals surface area contributed by atoms with Crippen LogP contribution in [-0.4, -0.2) is 20.7 Å². The first-order valence-electron chi connectivity index (χ1n) is 4.57. The third kappa shape index (κ3) is 1.90. The molecule has 1 aromatic rings. The molecule has 1 N–H and O–H groups in total. The highest BCUT2D eigenvalue weighted by Crippen LogP contribution is 2.19. The van der Waals surface area contributed by atoms with E-state index in [4.69, 9.17) is 0 Å². The largest absolute Gasteiger partial charge is 0.390 e. The molecular formula is C8H12N4O2. The minimum absolute atomic E-state index is 0.0832. The molecule has 0 saturated heterocycles. The Bertz CT molecular complexity index is 356. The molecule has 1 saturated carbocycles. The Balaban J connectivity index is 2.03. The molecule has 1 aliphatic rings. The maximum atomic E-state index is 10.4. The van der Waals surface area contributed by atoms with Crippen LogP contribution in [0.3, 0.4) is 0 Å². The van der Waals surface area contributed by atoms with Crippen LogP contribution in [0.2, 0.25) is 0 Å². The Labute approximate surface area is 81.1 Å². The topological polar surface area (TPSA) is 73.0 Å². The normalized spacial score (nSPS) is 15.8. The SMILES string of the molecule is Cn1nc([N+](=O)[O-])cc1CNC1CC1. The molecule has 1 fully saturated rings. The van der Waals surface area contributed by atoms with Crippen molar-refractivity contribution in [1.82, 2.24) is 15.1 Å². The van der Waals surface area contributed by atoms with Crippen molar-refractivity contribution < 1.29 is 4.92 Å². The summed E-state index contributed by atoms with van der Waals surface area (Å²) in [7, 11) is 1.72. The third-order valence-electron chi connectivity index (χ3n) is 2.30. The molecule has 2 rings (SSSR count). The molecule has 0 aliphatic heterocycles. The third-order valence-corrected chi connectivity index (χ3v) is 2.30. The van der Waals surface area contributed by atoms with Gasteiger partial charge in [-0.25, -0.2) is 0 Å². The molecule has 1 aromatic heterocycles. The van der Waals surface area contributed by atoms with Crippen molar-refractivity contribution in [3.63, 3.8) is 0 Å². The highest BCUT2D eigenvalue weighted by molar-refractivity contribution is 5.21. The first kappa shape index (κ1) is 9.14. The number of nitrogens with one attached hydrogen (secondary N) is 1. The fourth-order valence-corrected chi connectivity index (χ4v) is 1.28. The Hall–Kier alpha value is -1.43. The predicted molar refractivity (Wildman–Crippen MR) is 49.7 cm³/mol. The molecule has 0 bridgehead atoms. The van der Waals surface area contributed by atoms with Crippen LogP contribution in [-0.2, 0) is 13.6 Å². The van der Waals surface area contributed by atoms with Gasteiger partial charge in [-0.05, 0) is 17.8 Å². The van der Waals surface area contributed by atoms with Crippen LogP contribution in [0.15, 0.2) is 6.07 Å². The van der Waals surface area contributed by atoms with E-state index in [-0.39, 0.29) is 5.82 Å². The Morgan fingerprint density at radius 1 is 1.79 bits per heavy atom. The van der Waals surface area contributed by atoms with Crippen molar-refractivity contribution >= 4 is 5.82 Å². The average Bonchev–Trinajstić information content (AvgIpc) is 2.87. The first-order valence-corrected chi connectivity index (χ1v) is 4.57. The van der Waals surface area contributed by atoms with Crippen LogP contribution in [0.5, 0.6) is 0 Å². The molecule has 0 radical (unpaired) electrons. The van der Waals surface area contributed by atoms with Gasteiger partial charge in [0, 0.05) is 12.6 Å². The van der Waals surface area contributed by atoms with E-state index in [0.717, 1.165) is 5.69 Å². The number of aryl methyl sites for hydroxylation is 1. The molecule has 1 aliphatic carbocycles. The van der Waals surface area contributed by atoms with Crippen molar-refractivity contribution in [2.75, 3.05) is 0 Å². The van der Waals surface area contributed by atoms with Gasteiger partial charge in [0.15, 0.2) is 0 Å². The van der Waals surface area contributed by atoms with Crippen molar-refractivity contribution in [3.8, 4) is 0 Å². The monoisotopic (exact) mass is 196 g/mol.